The molecule has 4 heterocycles. The number of para-hydroxylation sites is 2. The monoisotopic (exact) mass is 509 g/mol. The second kappa shape index (κ2) is 11.8. The van der Waals surface area contributed by atoms with Crippen molar-refractivity contribution in [3.63, 3.8) is 0 Å². The Balaban J connectivity index is 1.11. The molecule has 36 heavy (non-hydrogen) atoms. The van der Waals surface area contributed by atoms with Crippen LogP contribution in [0.2, 0.25) is 0 Å². The Kier molecular flexibility index (Phi) is 8.24. The average Bonchev–Trinajstić information content (AvgIpc) is 3.21. The van der Waals surface area contributed by atoms with E-state index in [1.807, 2.05) is 36.6 Å². The second-order valence-corrected chi connectivity index (χ2v) is 11.5. The molecule has 3 aliphatic rings. The van der Waals surface area contributed by atoms with Crippen molar-refractivity contribution in [1.29, 1.82) is 0 Å². The molecule has 0 spiro atoms. The summed E-state index contributed by atoms with van der Waals surface area (Å²) in [5.41, 5.74) is 2.59. The lowest BCUT2D eigenvalue weighted by Gasteiger charge is -2.33. The van der Waals surface area contributed by atoms with E-state index >= 15 is 0 Å². The lowest BCUT2D eigenvalue weighted by Crippen LogP contribution is -2.43. The minimum absolute atomic E-state index is 0.170. The van der Waals surface area contributed by atoms with Gasteiger partial charge in [-0.15, -0.1) is 11.3 Å². The molecule has 2 N–H and O–H groups in total. The normalized spacial score (nSPS) is 19.4. The fraction of sp³-hybridized carbons (Fsp3) is 0.571. The van der Waals surface area contributed by atoms with Crippen molar-refractivity contribution >= 4 is 40.3 Å². The van der Waals surface area contributed by atoms with E-state index in [-0.39, 0.29) is 11.9 Å². The van der Waals surface area contributed by atoms with Crippen molar-refractivity contribution in [2.75, 3.05) is 56.0 Å². The van der Waals surface area contributed by atoms with E-state index < -0.39 is 0 Å². The lowest BCUT2D eigenvalue weighted by atomic mass is 9.92. The van der Waals surface area contributed by atoms with Gasteiger partial charge in [0.25, 0.3) is 5.91 Å². The first kappa shape index (κ1) is 25.2. The topological polar surface area (TPSA) is 67.9 Å². The second-order valence-electron chi connectivity index (χ2n) is 10.4. The van der Waals surface area contributed by atoms with Gasteiger partial charge in [0.2, 0.25) is 0 Å². The fourth-order valence-corrected chi connectivity index (χ4v) is 6.69. The van der Waals surface area contributed by atoms with E-state index in [0.717, 1.165) is 30.4 Å². The number of anilines is 3. The Hall–Kier alpha value is -2.42. The van der Waals surface area contributed by atoms with E-state index in [1.165, 1.54) is 75.9 Å². The summed E-state index contributed by atoms with van der Waals surface area (Å²) in [7, 11) is 0. The number of likely N-dealkylation sites (tertiary alicyclic amines) is 2. The predicted octanol–water partition coefficient (Wildman–Crippen LogP) is 5.45. The Bertz CT molecular complexity index is 1060. The molecule has 0 atom stereocenters. The zero-order valence-corrected chi connectivity index (χ0v) is 22.2. The number of hydrogen-bond acceptors (Lipinski definition) is 5. The number of urea groups is 1. The standard InChI is InChI=1S/C28H39N5O2S/c1-21-26-23(20-36-21)27(34)30-24-9-3-4-10-25(24)33(26)28(35)29-13-19-32-17-11-22(12-18-32)8-7-16-31-14-5-2-6-15-31/h3-4,9-10,20,22H,2,5-8,11-19H2,1H3,(H,29,35)(H,30,34). The fourth-order valence-electron chi connectivity index (χ4n) is 5.87. The zero-order chi connectivity index (χ0) is 24.9. The van der Waals surface area contributed by atoms with Crippen LogP contribution in [-0.4, -0.2) is 67.6 Å². The maximum absolute atomic E-state index is 13.4. The maximum atomic E-state index is 13.4. The average molecular weight is 510 g/mol. The number of nitrogens with one attached hydrogen (secondary N) is 2. The predicted molar refractivity (Wildman–Crippen MR) is 148 cm³/mol. The molecule has 2 aromatic rings. The van der Waals surface area contributed by atoms with Crippen molar-refractivity contribution in [3.05, 3.63) is 40.1 Å². The highest BCUT2D eigenvalue weighted by Gasteiger charge is 2.32. The molecule has 2 saturated heterocycles. The summed E-state index contributed by atoms with van der Waals surface area (Å²) in [6.45, 7) is 9.51. The third-order valence-corrected chi connectivity index (χ3v) is 8.85. The smallest absolute Gasteiger partial charge is 0.326 e. The van der Waals surface area contributed by atoms with Gasteiger partial charge in [0, 0.05) is 23.3 Å². The first-order valence-corrected chi connectivity index (χ1v) is 14.5. The number of rotatable bonds is 7. The highest BCUT2D eigenvalue weighted by atomic mass is 32.1. The van der Waals surface area contributed by atoms with Crippen molar-refractivity contribution in [1.82, 2.24) is 15.1 Å². The van der Waals surface area contributed by atoms with E-state index in [1.54, 1.807) is 4.90 Å². The molecule has 5 rings (SSSR count). The summed E-state index contributed by atoms with van der Waals surface area (Å²) in [5.74, 6) is 0.676. The van der Waals surface area contributed by atoms with Crippen LogP contribution in [0.25, 0.3) is 0 Å². The van der Waals surface area contributed by atoms with Crippen LogP contribution in [-0.2, 0) is 0 Å². The number of thiophene rings is 1. The molecule has 7 nitrogen and oxygen atoms in total. The lowest BCUT2D eigenvalue weighted by molar-refractivity contribution is 0.102. The van der Waals surface area contributed by atoms with Gasteiger partial charge in [0.15, 0.2) is 0 Å². The molecule has 0 bridgehead atoms. The van der Waals surface area contributed by atoms with Crippen molar-refractivity contribution < 1.29 is 9.59 Å². The van der Waals surface area contributed by atoms with Gasteiger partial charge in [-0.3, -0.25) is 9.69 Å². The molecule has 8 heteroatoms. The molecular weight excluding hydrogens is 470 g/mol. The van der Waals surface area contributed by atoms with Crippen LogP contribution in [0.4, 0.5) is 21.9 Å². The van der Waals surface area contributed by atoms with Gasteiger partial charge in [-0.25, -0.2) is 4.79 Å². The van der Waals surface area contributed by atoms with Gasteiger partial charge in [-0.05, 0) is 96.2 Å². The van der Waals surface area contributed by atoms with Gasteiger partial charge >= 0.3 is 6.03 Å². The van der Waals surface area contributed by atoms with Crippen molar-refractivity contribution in [3.8, 4) is 0 Å². The summed E-state index contributed by atoms with van der Waals surface area (Å²) in [6, 6.07) is 7.31. The maximum Gasteiger partial charge on any atom is 0.326 e. The first-order chi connectivity index (χ1) is 17.6. The molecule has 194 valence electrons. The highest BCUT2D eigenvalue weighted by molar-refractivity contribution is 7.11. The summed E-state index contributed by atoms with van der Waals surface area (Å²) < 4.78 is 0. The number of aryl methyl sites for hydroxylation is 1. The van der Waals surface area contributed by atoms with E-state index in [2.05, 4.69) is 20.4 Å². The molecule has 3 amide bonds. The molecule has 3 aliphatic heterocycles. The molecule has 1 aromatic heterocycles. The van der Waals surface area contributed by atoms with Crippen LogP contribution >= 0.6 is 11.3 Å². The molecule has 1 aromatic carbocycles. The first-order valence-electron chi connectivity index (χ1n) is 13.6. The van der Waals surface area contributed by atoms with Gasteiger partial charge < -0.3 is 20.4 Å². The number of fused-ring (bicyclic) bond motifs is 2. The van der Waals surface area contributed by atoms with Crippen LogP contribution in [0.3, 0.4) is 0 Å². The third kappa shape index (κ3) is 5.76. The number of benzene rings is 1. The molecule has 0 aliphatic carbocycles. The van der Waals surface area contributed by atoms with Crippen molar-refractivity contribution in [2.45, 2.75) is 51.9 Å². The van der Waals surface area contributed by atoms with Crippen molar-refractivity contribution in [2.24, 2.45) is 5.92 Å². The van der Waals surface area contributed by atoms with Crippen LogP contribution < -0.4 is 15.5 Å². The summed E-state index contributed by atoms with van der Waals surface area (Å²) in [5, 5.41) is 7.92. The van der Waals surface area contributed by atoms with Crippen LogP contribution in [0.5, 0.6) is 0 Å². The number of carbonyl (C=O) groups is 2. The summed E-state index contributed by atoms with van der Waals surface area (Å²) >= 11 is 1.50. The summed E-state index contributed by atoms with van der Waals surface area (Å²) in [4.78, 5) is 34.0. The molecule has 0 unspecified atom stereocenters. The molecule has 2 fully saturated rings. The Morgan fingerprint density at radius 2 is 1.81 bits per heavy atom. The number of carbonyl (C=O) groups excluding carboxylic acids is 2. The SMILES string of the molecule is Cc1scc2c1N(C(=O)NCCN1CCC(CCCN3CCCCC3)CC1)c1ccccc1NC2=O. The van der Waals surface area contributed by atoms with Crippen LogP contribution in [0.1, 0.15) is 60.2 Å². The molecule has 0 radical (unpaired) electrons. The van der Waals surface area contributed by atoms with Gasteiger partial charge in [-0.1, -0.05) is 18.6 Å². The number of nitrogens with zero attached hydrogens (tertiary/aromatic N) is 3. The quantitative estimate of drug-likeness (QED) is 0.521. The Morgan fingerprint density at radius 3 is 2.61 bits per heavy atom. The minimum Gasteiger partial charge on any atom is -0.336 e. The van der Waals surface area contributed by atoms with E-state index in [0.29, 0.717) is 29.2 Å². The van der Waals surface area contributed by atoms with Crippen LogP contribution in [0, 0.1) is 12.8 Å². The number of hydrogen-bond donors (Lipinski definition) is 2. The van der Waals surface area contributed by atoms with Gasteiger partial charge in [0.1, 0.15) is 0 Å². The number of amides is 3. The molecule has 0 saturated carbocycles. The number of piperidine rings is 2. The summed E-state index contributed by atoms with van der Waals surface area (Å²) in [6.07, 6.45) is 9.37. The third-order valence-electron chi connectivity index (χ3n) is 7.95. The minimum atomic E-state index is -0.186. The highest BCUT2D eigenvalue weighted by Crippen LogP contribution is 2.42. The van der Waals surface area contributed by atoms with Crippen LogP contribution in [0.15, 0.2) is 29.6 Å². The Morgan fingerprint density at radius 1 is 1.06 bits per heavy atom. The van der Waals surface area contributed by atoms with Gasteiger partial charge in [-0.2, -0.15) is 0 Å². The molecular formula is C28H39N5O2S. The zero-order valence-electron chi connectivity index (χ0n) is 21.4. The van der Waals surface area contributed by atoms with Gasteiger partial charge in [0.05, 0.1) is 22.6 Å². The Labute approximate surface area is 218 Å². The van der Waals surface area contributed by atoms with E-state index in [9.17, 15) is 9.59 Å². The van der Waals surface area contributed by atoms with E-state index in [4.69, 9.17) is 0 Å². The largest absolute Gasteiger partial charge is 0.336 e.